The summed E-state index contributed by atoms with van der Waals surface area (Å²) in [6.07, 6.45) is 9.54. The summed E-state index contributed by atoms with van der Waals surface area (Å²) in [7, 11) is -4.82. The van der Waals surface area contributed by atoms with Crippen LogP contribution in [0.3, 0.4) is 0 Å². The standard InChI is InChI=1S/C40H60ClN3O7SSi/c1-29-11-10-13-37(51-53(6,7)40(2,3)4)35-18-15-32(35)27-43-20-9-8-12-30-25-34(41)17-14-33(30)28-50-38-19-16-31(26-36(38)43)39(45)42-52(46,47)44(29)21-22-49-24-23-48-5/h10,13-14,16-17,19,25-26,29,32,35,37H,8-9,11-12,15,18,20-24,27-28H2,1-7H3,(H,42,45)/b13-10+/t29-,32-,35+,37?/m0/s1. The minimum atomic E-state index is -4.25. The number of methoxy groups -OCH3 is 1. The number of amides is 1. The van der Waals surface area contributed by atoms with Crippen molar-refractivity contribution >= 4 is 41.7 Å². The van der Waals surface area contributed by atoms with Gasteiger partial charge in [0.15, 0.2) is 8.32 Å². The van der Waals surface area contributed by atoms with Gasteiger partial charge in [-0.3, -0.25) is 4.79 Å². The van der Waals surface area contributed by atoms with Gasteiger partial charge >= 0.3 is 10.2 Å². The molecule has 294 valence electrons. The first-order chi connectivity index (χ1) is 25.1. The van der Waals surface area contributed by atoms with E-state index in [1.165, 1.54) is 9.87 Å². The molecular formula is C40H60ClN3O7SSi. The monoisotopic (exact) mass is 789 g/mol. The molecule has 5 rings (SSSR count). The van der Waals surface area contributed by atoms with Crippen LogP contribution in [0.1, 0.15) is 81.3 Å². The maximum absolute atomic E-state index is 14.0. The Bertz CT molecular complexity index is 1700. The zero-order valence-corrected chi connectivity index (χ0v) is 35.2. The molecule has 1 amide bonds. The molecule has 0 radical (unpaired) electrons. The Morgan fingerprint density at radius 1 is 1.04 bits per heavy atom. The fourth-order valence-corrected chi connectivity index (χ4v) is 9.97. The molecule has 3 aliphatic rings. The molecule has 2 aromatic carbocycles. The Balaban J connectivity index is 1.55. The quantitative estimate of drug-likeness (QED) is 0.164. The lowest BCUT2D eigenvalue weighted by atomic mass is 9.70. The third-order valence-corrected chi connectivity index (χ3v) is 17.9. The highest BCUT2D eigenvalue weighted by atomic mass is 35.5. The smallest absolute Gasteiger partial charge is 0.304 e. The summed E-state index contributed by atoms with van der Waals surface area (Å²) >= 11 is 6.40. The van der Waals surface area contributed by atoms with Gasteiger partial charge in [-0.25, -0.2) is 4.72 Å². The van der Waals surface area contributed by atoms with Crippen LogP contribution in [0.4, 0.5) is 5.69 Å². The van der Waals surface area contributed by atoms with Gasteiger partial charge in [0.05, 0.1) is 31.6 Å². The van der Waals surface area contributed by atoms with Crippen molar-refractivity contribution in [2.75, 3.05) is 51.5 Å². The highest BCUT2D eigenvalue weighted by Gasteiger charge is 2.44. The molecule has 0 spiro atoms. The highest BCUT2D eigenvalue weighted by molar-refractivity contribution is 7.87. The number of carbonyl (C=O) groups excluding carboxylic acids is 1. The second-order valence-electron chi connectivity index (χ2n) is 16.3. The van der Waals surface area contributed by atoms with Gasteiger partial charge in [0.25, 0.3) is 5.91 Å². The van der Waals surface area contributed by atoms with Gasteiger partial charge in [-0.15, -0.1) is 0 Å². The lowest BCUT2D eigenvalue weighted by molar-refractivity contribution is 0.0528. The van der Waals surface area contributed by atoms with Crippen LogP contribution in [0.2, 0.25) is 23.2 Å². The molecule has 10 nitrogen and oxygen atoms in total. The lowest BCUT2D eigenvalue weighted by Crippen LogP contribution is -2.50. The number of carbonyl (C=O) groups is 1. The Kier molecular flexibility index (Phi) is 14.2. The summed E-state index contributed by atoms with van der Waals surface area (Å²) in [5.41, 5.74) is 3.30. The topological polar surface area (TPSA) is 107 Å². The average molecular weight is 791 g/mol. The number of aryl methyl sites for hydroxylation is 1. The minimum absolute atomic E-state index is 0.0291. The van der Waals surface area contributed by atoms with Crippen molar-refractivity contribution in [2.45, 2.75) is 103 Å². The zero-order valence-electron chi connectivity index (χ0n) is 32.7. The molecule has 1 saturated carbocycles. The maximum Gasteiger partial charge on any atom is 0.304 e. The lowest BCUT2D eigenvalue weighted by Gasteiger charge is -2.47. The minimum Gasteiger partial charge on any atom is -0.487 e. The normalized spacial score (nSPS) is 25.1. The molecule has 2 bridgehead atoms. The molecule has 2 aliphatic heterocycles. The first-order valence-electron chi connectivity index (χ1n) is 19.1. The molecule has 2 aromatic rings. The highest BCUT2D eigenvalue weighted by Crippen LogP contribution is 2.45. The molecule has 0 aromatic heterocycles. The number of halogens is 1. The van der Waals surface area contributed by atoms with E-state index in [4.69, 9.17) is 30.2 Å². The first kappa shape index (κ1) is 41.7. The fraction of sp³-hybridized carbons (Fsp3) is 0.625. The number of anilines is 1. The zero-order chi connectivity index (χ0) is 38.4. The maximum atomic E-state index is 14.0. The molecule has 1 N–H and O–H groups in total. The van der Waals surface area contributed by atoms with Crippen molar-refractivity contribution < 1.29 is 31.8 Å². The molecule has 53 heavy (non-hydrogen) atoms. The van der Waals surface area contributed by atoms with Crippen LogP contribution in [-0.2, 0) is 37.1 Å². The largest absolute Gasteiger partial charge is 0.487 e. The number of nitrogens with zero attached hydrogens (tertiary/aromatic N) is 2. The van der Waals surface area contributed by atoms with Crippen molar-refractivity contribution in [3.63, 3.8) is 0 Å². The number of rotatable bonds is 8. The SMILES string of the molecule is COCCOCCN1[C@@H](C)C/C=C/C(O[Si](C)(C)C(C)(C)C)[C@@H]2CC[C@H]2CN2CCCCc3cc(Cl)ccc3COc3ccc(cc32)C(=O)NS1(=O)=O. The van der Waals surface area contributed by atoms with Crippen molar-refractivity contribution in [1.29, 1.82) is 0 Å². The van der Waals surface area contributed by atoms with Crippen molar-refractivity contribution in [3.8, 4) is 5.75 Å². The Morgan fingerprint density at radius 3 is 2.55 bits per heavy atom. The molecule has 1 aliphatic carbocycles. The van der Waals surface area contributed by atoms with E-state index in [0.29, 0.717) is 48.8 Å². The third kappa shape index (κ3) is 10.7. The fourth-order valence-electron chi connectivity index (χ4n) is 7.14. The average Bonchev–Trinajstić information content (AvgIpc) is 3.10. The number of hydrogen-bond acceptors (Lipinski definition) is 8. The molecule has 2 heterocycles. The van der Waals surface area contributed by atoms with Gasteiger partial charge in [-0.05, 0) is 117 Å². The number of fused-ring (bicyclic) bond motifs is 3. The van der Waals surface area contributed by atoms with Gasteiger partial charge < -0.3 is 23.5 Å². The number of hydrogen-bond donors (Lipinski definition) is 1. The van der Waals surface area contributed by atoms with Gasteiger partial charge in [0.2, 0.25) is 0 Å². The van der Waals surface area contributed by atoms with Crippen LogP contribution in [0.15, 0.2) is 48.6 Å². The van der Waals surface area contributed by atoms with Gasteiger partial charge in [-0.2, -0.15) is 12.7 Å². The van der Waals surface area contributed by atoms with Gasteiger partial charge in [-0.1, -0.05) is 50.6 Å². The van der Waals surface area contributed by atoms with Crippen LogP contribution < -0.4 is 14.4 Å². The van der Waals surface area contributed by atoms with E-state index in [2.05, 4.69) is 55.6 Å². The van der Waals surface area contributed by atoms with Crippen LogP contribution in [0.5, 0.6) is 5.75 Å². The first-order valence-corrected chi connectivity index (χ1v) is 23.9. The second kappa shape index (κ2) is 18.0. The second-order valence-corrected chi connectivity index (χ2v) is 23.1. The summed E-state index contributed by atoms with van der Waals surface area (Å²) in [4.78, 5) is 16.2. The van der Waals surface area contributed by atoms with E-state index < -0.39 is 30.5 Å². The molecule has 13 heteroatoms. The van der Waals surface area contributed by atoms with E-state index in [9.17, 15) is 13.2 Å². The van der Waals surface area contributed by atoms with Crippen molar-refractivity contribution in [2.24, 2.45) is 11.8 Å². The van der Waals surface area contributed by atoms with Crippen LogP contribution in [0, 0.1) is 11.8 Å². The number of ether oxygens (including phenoxy) is 3. The van der Waals surface area contributed by atoms with Crippen LogP contribution in [0.25, 0.3) is 0 Å². The Hall–Kier alpha value is -2.45. The third-order valence-electron chi connectivity index (χ3n) is 11.5. The molecular weight excluding hydrogens is 730 g/mol. The molecule has 4 atom stereocenters. The summed E-state index contributed by atoms with van der Waals surface area (Å²) in [6, 6.07) is 10.7. The van der Waals surface area contributed by atoms with Crippen LogP contribution >= 0.6 is 11.6 Å². The Labute approximate surface area is 323 Å². The predicted octanol–water partition coefficient (Wildman–Crippen LogP) is 7.77. The summed E-state index contributed by atoms with van der Waals surface area (Å²) in [5, 5.41) is 0.739. The van der Waals surface area contributed by atoms with Gasteiger partial charge in [0, 0.05) is 43.4 Å². The van der Waals surface area contributed by atoms with E-state index >= 15 is 0 Å². The predicted molar refractivity (Wildman–Crippen MR) is 215 cm³/mol. The van der Waals surface area contributed by atoms with Gasteiger partial charge in [0.1, 0.15) is 12.4 Å². The summed E-state index contributed by atoms with van der Waals surface area (Å²) in [6.45, 7) is 16.1. The number of nitrogens with one attached hydrogen (secondary N) is 1. The van der Waals surface area contributed by atoms with Crippen molar-refractivity contribution in [1.82, 2.24) is 9.03 Å². The summed E-state index contributed by atoms with van der Waals surface area (Å²) < 4.78 is 56.1. The van der Waals surface area contributed by atoms with E-state index in [1.54, 1.807) is 25.3 Å². The number of benzene rings is 2. The van der Waals surface area contributed by atoms with E-state index in [0.717, 1.165) is 56.4 Å². The van der Waals surface area contributed by atoms with Crippen LogP contribution in [-0.4, -0.2) is 85.7 Å². The summed E-state index contributed by atoms with van der Waals surface area (Å²) in [5.74, 6) is 0.638. The molecule has 1 fully saturated rings. The van der Waals surface area contributed by atoms with Crippen molar-refractivity contribution in [3.05, 3.63) is 70.3 Å². The molecule has 1 unspecified atom stereocenters. The van der Waals surface area contributed by atoms with E-state index in [-0.39, 0.29) is 29.9 Å². The van der Waals surface area contributed by atoms with E-state index in [1.807, 2.05) is 25.1 Å². The molecule has 0 saturated heterocycles. The Morgan fingerprint density at radius 2 is 1.83 bits per heavy atom.